The van der Waals surface area contributed by atoms with Gasteiger partial charge in [0.15, 0.2) is 0 Å². The van der Waals surface area contributed by atoms with Crippen molar-refractivity contribution in [1.29, 1.82) is 0 Å². The van der Waals surface area contributed by atoms with E-state index in [-0.39, 0.29) is 12.3 Å². The zero-order valence-corrected chi connectivity index (χ0v) is 10.3. The number of carbonyl (C=O) groups excluding carboxylic acids is 1. The highest BCUT2D eigenvalue weighted by atomic mass is 16.5. The van der Waals surface area contributed by atoms with Gasteiger partial charge in [0.25, 0.3) is 5.91 Å². The van der Waals surface area contributed by atoms with Gasteiger partial charge in [-0.05, 0) is 24.1 Å². The number of benzene rings is 1. The fraction of sp³-hybridized carbons (Fsp3) is 0.385. The van der Waals surface area contributed by atoms with Crippen LogP contribution in [0.5, 0.6) is 0 Å². The first-order chi connectivity index (χ1) is 8.63. The number of carbonyl (C=O) groups is 2. The quantitative estimate of drug-likeness (QED) is 0.719. The molecule has 0 aliphatic rings. The molecule has 1 aromatic rings. The monoisotopic (exact) mass is 251 g/mol. The molecule has 1 amide bonds. The smallest absolute Gasteiger partial charge is 0.303 e. The second kappa shape index (κ2) is 7.45. The summed E-state index contributed by atoms with van der Waals surface area (Å²) in [6.07, 6.45) is 0.496. The fourth-order valence-corrected chi connectivity index (χ4v) is 1.46. The van der Waals surface area contributed by atoms with Crippen molar-refractivity contribution in [3.63, 3.8) is 0 Å². The Balaban J connectivity index is 2.39. The van der Waals surface area contributed by atoms with E-state index in [4.69, 9.17) is 9.84 Å². The number of amides is 1. The maximum absolute atomic E-state index is 11.7. The lowest BCUT2D eigenvalue weighted by Crippen LogP contribution is -2.24. The molecule has 18 heavy (non-hydrogen) atoms. The van der Waals surface area contributed by atoms with Gasteiger partial charge in [0, 0.05) is 25.6 Å². The maximum atomic E-state index is 11.7. The van der Waals surface area contributed by atoms with Crippen molar-refractivity contribution < 1.29 is 19.4 Å². The highest BCUT2D eigenvalue weighted by Gasteiger charge is 2.05. The summed E-state index contributed by atoms with van der Waals surface area (Å²) in [6.45, 7) is 0.880. The van der Waals surface area contributed by atoms with Crippen molar-refractivity contribution in [2.24, 2.45) is 0 Å². The van der Waals surface area contributed by atoms with Crippen molar-refractivity contribution in [2.75, 3.05) is 13.7 Å². The number of carboxylic acid groups (broad SMARTS) is 1. The summed E-state index contributed by atoms with van der Waals surface area (Å²) in [6, 6.07) is 7.10. The predicted molar refractivity (Wildman–Crippen MR) is 66.4 cm³/mol. The third-order valence-corrected chi connectivity index (χ3v) is 2.38. The van der Waals surface area contributed by atoms with Gasteiger partial charge in [-0.25, -0.2) is 0 Å². The number of nitrogens with one attached hydrogen (secondary N) is 1. The Morgan fingerprint density at radius 2 is 1.94 bits per heavy atom. The lowest BCUT2D eigenvalue weighted by atomic mass is 10.1. The third kappa shape index (κ3) is 4.97. The van der Waals surface area contributed by atoms with E-state index in [0.29, 0.717) is 25.1 Å². The average Bonchev–Trinajstić information content (AvgIpc) is 2.35. The molecule has 0 radical (unpaired) electrons. The zero-order valence-electron chi connectivity index (χ0n) is 10.3. The molecule has 0 fully saturated rings. The van der Waals surface area contributed by atoms with Crippen LogP contribution >= 0.6 is 0 Å². The molecule has 0 saturated carbocycles. The van der Waals surface area contributed by atoms with E-state index in [1.165, 1.54) is 0 Å². The molecule has 1 aromatic carbocycles. The summed E-state index contributed by atoms with van der Waals surface area (Å²) < 4.78 is 4.97. The molecule has 0 spiro atoms. The van der Waals surface area contributed by atoms with Crippen LogP contribution in [-0.4, -0.2) is 30.6 Å². The van der Waals surface area contributed by atoms with Crippen molar-refractivity contribution in [2.45, 2.75) is 19.4 Å². The van der Waals surface area contributed by atoms with Gasteiger partial charge >= 0.3 is 5.97 Å². The van der Waals surface area contributed by atoms with E-state index in [1.54, 1.807) is 19.2 Å². The minimum absolute atomic E-state index is 0.0626. The number of ether oxygens (including phenoxy) is 1. The van der Waals surface area contributed by atoms with Crippen LogP contribution in [0.3, 0.4) is 0 Å². The molecule has 2 N–H and O–H groups in total. The molecular formula is C13H17NO4. The Bertz CT molecular complexity index is 400. The summed E-state index contributed by atoms with van der Waals surface area (Å²) in [5.74, 6) is -1.04. The van der Waals surface area contributed by atoms with Crippen molar-refractivity contribution >= 4 is 11.9 Å². The number of hydrogen-bond donors (Lipinski definition) is 2. The van der Waals surface area contributed by atoms with Gasteiger partial charge in [-0.2, -0.15) is 0 Å². The van der Waals surface area contributed by atoms with Crippen LogP contribution in [0.15, 0.2) is 24.3 Å². The topological polar surface area (TPSA) is 75.6 Å². The molecule has 5 nitrogen and oxygen atoms in total. The predicted octanol–water partition coefficient (Wildman–Crippen LogP) is 1.43. The van der Waals surface area contributed by atoms with E-state index >= 15 is 0 Å². The first-order valence-corrected chi connectivity index (χ1v) is 5.71. The van der Waals surface area contributed by atoms with Crippen LogP contribution in [0.25, 0.3) is 0 Å². The molecule has 98 valence electrons. The summed E-state index contributed by atoms with van der Waals surface area (Å²) in [7, 11) is 1.61. The van der Waals surface area contributed by atoms with Gasteiger partial charge < -0.3 is 15.2 Å². The summed E-state index contributed by atoms with van der Waals surface area (Å²) in [5.41, 5.74) is 1.56. The van der Waals surface area contributed by atoms with Gasteiger partial charge in [0.1, 0.15) is 0 Å². The molecular weight excluding hydrogens is 234 g/mol. The van der Waals surface area contributed by atoms with Crippen LogP contribution in [0, 0.1) is 0 Å². The van der Waals surface area contributed by atoms with Crippen LogP contribution in [-0.2, 0) is 16.1 Å². The molecule has 5 heteroatoms. The molecule has 1 rings (SSSR count). The van der Waals surface area contributed by atoms with E-state index in [9.17, 15) is 9.59 Å². The number of rotatable bonds is 7. The Hall–Kier alpha value is -1.88. The molecule has 0 heterocycles. The van der Waals surface area contributed by atoms with Crippen molar-refractivity contribution in [1.82, 2.24) is 5.32 Å². The number of methoxy groups -OCH3 is 1. The largest absolute Gasteiger partial charge is 0.481 e. The van der Waals surface area contributed by atoms with Crippen LogP contribution < -0.4 is 5.32 Å². The minimum Gasteiger partial charge on any atom is -0.481 e. The third-order valence-electron chi connectivity index (χ3n) is 2.38. The summed E-state index contributed by atoms with van der Waals surface area (Å²) >= 11 is 0. The van der Waals surface area contributed by atoms with Gasteiger partial charge in [0.2, 0.25) is 0 Å². The normalized spacial score (nSPS) is 10.1. The fourth-order valence-electron chi connectivity index (χ4n) is 1.46. The standard InChI is InChI=1S/C13H17NO4/c1-18-9-10-4-6-11(7-5-10)13(17)14-8-2-3-12(15)16/h4-7H,2-3,8-9H2,1H3,(H,14,17)(H,15,16). The molecule has 0 unspecified atom stereocenters. The Morgan fingerprint density at radius 1 is 1.28 bits per heavy atom. The van der Waals surface area contributed by atoms with Gasteiger partial charge in [-0.15, -0.1) is 0 Å². The number of aliphatic carboxylic acids is 1. The lowest BCUT2D eigenvalue weighted by molar-refractivity contribution is -0.137. The van der Waals surface area contributed by atoms with Gasteiger partial charge in [-0.3, -0.25) is 9.59 Å². The van der Waals surface area contributed by atoms with E-state index in [1.807, 2.05) is 12.1 Å². The number of carboxylic acids is 1. The lowest BCUT2D eigenvalue weighted by Gasteiger charge is -2.05. The average molecular weight is 251 g/mol. The Labute approximate surface area is 106 Å². The highest BCUT2D eigenvalue weighted by Crippen LogP contribution is 2.05. The highest BCUT2D eigenvalue weighted by molar-refractivity contribution is 5.94. The number of hydrogen-bond acceptors (Lipinski definition) is 3. The van der Waals surface area contributed by atoms with Crippen LogP contribution in [0.2, 0.25) is 0 Å². The van der Waals surface area contributed by atoms with Crippen molar-refractivity contribution in [3.8, 4) is 0 Å². The summed E-state index contributed by atoms with van der Waals surface area (Å²) in [4.78, 5) is 22.0. The molecule has 0 aliphatic carbocycles. The second-order valence-corrected chi connectivity index (χ2v) is 3.88. The molecule has 0 saturated heterocycles. The first kappa shape index (κ1) is 14.2. The summed E-state index contributed by atoms with van der Waals surface area (Å²) in [5, 5.41) is 11.1. The van der Waals surface area contributed by atoms with Crippen LogP contribution in [0.4, 0.5) is 0 Å². The van der Waals surface area contributed by atoms with E-state index in [0.717, 1.165) is 5.56 Å². The SMILES string of the molecule is COCc1ccc(C(=O)NCCCC(=O)O)cc1. The van der Waals surface area contributed by atoms with Gasteiger partial charge in [0.05, 0.1) is 6.61 Å². The van der Waals surface area contributed by atoms with E-state index < -0.39 is 5.97 Å². The van der Waals surface area contributed by atoms with Gasteiger partial charge in [-0.1, -0.05) is 12.1 Å². The Morgan fingerprint density at radius 3 is 2.50 bits per heavy atom. The molecule has 0 aromatic heterocycles. The molecule has 0 atom stereocenters. The zero-order chi connectivity index (χ0) is 13.4. The minimum atomic E-state index is -0.854. The first-order valence-electron chi connectivity index (χ1n) is 5.71. The molecule has 0 bridgehead atoms. The van der Waals surface area contributed by atoms with Crippen LogP contribution in [0.1, 0.15) is 28.8 Å². The molecule has 0 aliphatic heterocycles. The maximum Gasteiger partial charge on any atom is 0.303 e. The van der Waals surface area contributed by atoms with Crippen molar-refractivity contribution in [3.05, 3.63) is 35.4 Å². The Kier molecular flexibility index (Phi) is 5.87. The second-order valence-electron chi connectivity index (χ2n) is 3.88. The van der Waals surface area contributed by atoms with E-state index in [2.05, 4.69) is 5.32 Å².